The van der Waals surface area contributed by atoms with Gasteiger partial charge in [-0.1, -0.05) is 18.2 Å². The van der Waals surface area contributed by atoms with Crippen molar-refractivity contribution in [3.63, 3.8) is 0 Å². The molecule has 0 saturated carbocycles. The molecule has 20 heavy (non-hydrogen) atoms. The number of benzene rings is 1. The van der Waals surface area contributed by atoms with Gasteiger partial charge in [-0.3, -0.25) is 4.90 Å². The third kappa shape index (κ3) is 4.20. The second kappa shape index (κ2) is 8.25. The summed E-state index contributed by atoms with van der Waals surface area (Å²) in [5.41, 5.74) is 2.77. The van der Waals surface area contributed by atoms with Crippen LogP contribution in [0.25, 0.3) is 0 Å². The van der Waals surface area contributed by atoms with Gasteiger partial charge in [0.05, 0.1) is 13.2 Å². The minimum absolute atomic E-state index is 0.624. The molecule has 0 amide bonds. The second-order valence-corrected chi connectivity index (χ2v) is 5.28. The fraction of sp³-hybridized carbons (Fsp3) is 0.625. The van der Waals surface area contributed by atoms with Crippen LogP contribution in [0.2, 0.25) is 0 Å². The van der Waals surface area contributed by atoms with E-state index in [1.54, 1.807) is 14.2 Å². The van der Waals surface area contributed by atoms with Gasteiger partial charge in [0, 0.05) is 45.5 Å². The molecule has 0 fully saturated rings. The van der Waals surface area contributed by atoms with Crippen LogP contribution < -0.4 is 5.32 Å². The van der Waals surface area contributed by atoms with Crippen LogP contribution in [0.1, 0.15) is 17.9 Å². The molecule has 1 atom stereocenters. The van der Waals surface area contributed by atoms with Crippen LogP contribution in [0.15, 0.2) is 24.3 Å². The molecule has 1 unspecified atom stereocenters. The zero-order valence-electron chi connectivity index (χ0n) is 12.6. The zero-order valence-corrected chi connectivity index (χ0v) is 12.6. The van der Waals surface area contributed by atoms with Crippen LogP contribution in [-0.4, -0.2) is 58.5 Å². The fourth-order valence-electron chi connectivity index (χ4n) is 2.73. The number of nitrogens with zero attached hydrogens (tertiary/aromatic N) is 1. The van der Waals surface area contributed by atoms with Crippen molar-refractivity contribution in [1.82, 2.24) is 4.90 Å². The van der Waals surface area contributed by atoms with Gasteiger partial charge in [0.1, 0.15) is 0 Å². The first kappa shape index (κ1) is 15.3. The molecule has 1 aromatic rings. The van der Waals surface area contributed by atoms with E-state index in [1.807, 2.05) is 0 Å². The molecule has 0 bridgehead atoms. The normalized spacial score (nSPS) is 17.2. The number of hydrogen-bond donors (Lipinski definition) is 1. The van der Waals surface area contributed by atoms with Gasteiger partial charge in [0.15, 0.2) is 0 Å². The Kier molecular flexibility index (Phi) is 6.30. The van der Waals surface area contributed by atoms with Crippen molar-refractivity contribution in [1.29, 1.82) is 0 Å². The molecule has 4 nitrogen and oxygen atoms in total. The Morgan fingerprint density at radius 1 is 1.10 bits per heavy atom. The number of ether oxygens (including phenoxy) is 2. The molecule has 0 aromatic heterocycles. The largest absolute Gasteiger partial charge is 0.384 e. The van der Waals surface area contributed by atoms with E-state index in [4.69, 9.17) is 9.47 Å². The van der Waals surface area contributed by atoms with E-state index < -0.39 is 0 Å². The summed E-state index contributed by atoms with van der Waals surface area (Å²) in [6.45, 7) is 5.66. The predicted molar refractivity (Wildman–Crippen MR) is 82.5 cm³/mol. The molecule has 4 heteroatoms. The highest BCUT2D eigenvalue weighted by Gasteiger charge is 2.21. The highest BCUT2D eigenvalue weighted by molar-refractivity contribution is 5.57. The van der Waals surface area contributed by atoms with E-state index in [1.165, 1.54) is 17.7 Å². The number of hydrogen-bond acceptors (Lipinski definition) is 4. The lowest BCUT2D eigenvalue weighted by Gasteiger charge is -2.23. The molecule has 0 aliphatic carbocycles. The number of para-hydroxylation sites is 1. The zero-order chi connectivity index (χ0) is 14.2. The lowest BCUT2D eigenvalue weighted by Crippen LogP contribution is -2.32. The molecule has 1 aromatic carbocycles. The summed E-state index contributed by atoms with van der Waals surface area (Å²) in [5.74, 6) is 0.624. The number of anilines is 1. The van der Waals surface area contributed by atoms with Crippen molar-refractivity contribution >= 4 is 5.69 Å². The Morgan fingerprint density at radius 3 is 2.50 bits per heavy atom. The lowest BCUT2D eigenvalue weighted by molar-refractivity contribution is 0.112. The average molecular weight is 278 g/mol. The smallest absolute Gasteiger partial charge is 0.0589 e. The van der Waals surface area contributed by atoms with Crippen molar-refractivity contribution < 1.29 is 9.47 Å². The highest BCUT2D eigenvalue weighted by atomic mass is 16.5. The third-order valence-electron chi connectivity index (χ3n) is 3.96. The third-order valence-corrected chi connectivity index (χ3v) is 3.96. The monoisotopic (exact) mass is 278 g/mol. The molecular weight excluding hydrogens is 252 g/mol. The van der Waals surface area contributed by atoms with Crippen molar-refractivity contribution in [3.8, 4) is 0 Å². The van der Waals surface area contributed by atoms with E-state index in [2.05, 4.69) is 34.5 Å². The molecule has 0 saturated heterocycles. The topological polar surface area (TPSA) is 33.7 Å². The lowest BCUT2D eigenvalue weighted by atomic mass is 9.98. The number of methoxy groups -OCH3 is 2. The first-order valence-corrected chi connectivity index (χ1v) is 7.38. The van der Waals surface area contributed by atoms with Crippen LogP contribution >= 0.6 is 0 Å². The molecular formula is C16H26N2O2. The van der Waals surface area contributed by atoms with Gasteiger partial charge >= 0.3 is 0 Å². The van der Waals surface area contributed by atoms with Crippen molar-refractivity contribution in [3.05, 3.63) is 29.8 Å². The quantitative estimate of drug-likeness (QED) is 0.751. The molecule has 1 aliphatic heterocycles. The molecule has 0 radical (unpaired) electrons. The number of nitrogens with one attached hydrogen (secondary N) is 1. The first-order valence-electron chi connectivity index (χ1n) is 7.38. The molecule has 1 N–H and O–H groups in total. The minimum Gasteiger partial charge on any atom is -0.384 e. The summed E-state index contributed by atoms with van der Waals surface area (Å²) < 4.78 is 10.4. The van der Waals surface area contributed by atoms with E-state index >= 15 is 0 Å². The van der Waals surface area contributed by atoms with Crippen LogP contribution in [0.5, 0.6) is 0 Å². The second-order valence-electron chi connectivity index (χ2n) is 5.28. The van der Waals surface area contributed by atoms with Gasteiger partial charge in [-0.15, -0.1) is 0 Å². The first-order chi connectivity index (χ1) is 9.85. The van der Waals surface area contributed by atoms with Crippen molar-refractivity contribution in [2.24, 2.45) is 0 Å². The highest BCUT2D eigenvalue weighted by Crippen LogP contribution is 2.33. The van der Waals surface area contributed by atoms with Gasteiger partial charge in [-0.2, -0.15) is 0 Å². The summed E-state index contributed by atoms with van der Waals surface area (Å²) >= 11 is 0. The Labute approximate surface area is 122 Å². The summed E-state index contributed by atoms with van der Waals surface area (Å²) in [4.78, 5) is 2.42. The number of rotatable bonds is 9. The maximum absolute atomic E-state index is 5.19. The van der Waals surface area contributed by atoms with E-state index in [0.717, 1.165) is 39.4 Å². The summed E-state index contributed by atoms with van der Waals surface area (Å²) in [6, 6.07) is 8.64. The average Bonchev–Trinajstić information content (AvgIpc) is 2.90. The van der Waals surface area contributed by atoms with Crippen LogP contribution in [-0.2, 0) is 9.47 Å². The fourth-order valence-corrected chi connectivity index (χ4v) is 2.73. The number of fused-ring (bicyclic) bond motifs is 1. The maximum Gasteiger partial charge on any atom is 0.0589 e. The van der Waals surface area contributed by atoms with Crippen LogP contribution in [0, 0.1) is 0 Å². The maximum atomic E-state index is 5.19. The SMILES string of the molecule is COCCN(CCOC)CCC1CNc2ccccc21. The minimum atomic E-state index is 0.624. The van der Waals surface area contributed by atoms with E-state index in [9.17, 15) is 0 Å². The van der Waals surface area contributed by atoms with Gasteiger partial charge in [0.25, 0.3) is 0 Å². The van der Waals surface area contributed by atoms with Gasteiger partial charge in [0.2, 0.25) is 0 Å². The van der Waals surface area contributed by atoms with Crippen molar-refractivity contribution in [2.45, 2.75) is 12.3 Å². The van der Waals surface area contributed by atoms with Gasteiger partial charge < -0.3 is 14.8 Å². The summed E-state index contributed by atoms with van der Waals surface area (Å²) in [7, 11) is 3.51. The summed E-state index contributed by atoms with van der Waals surface area (Å²) in [5, 5.41) is 3.49. The van der Waals surface area contributed by atoms with E-state index in [0.29, 0.717) is 5.92 Å². The van der Waals surface area contributed by atoms with Crippen LogP contribution in [0.4, 0.5) is 5.69 Å². The molecule has 112 valence electrons. The van der Waals surface area contributed by atoms with Gasteiger partial charge in [-0.25, -0.2) is 0 Å². The molecule has 1 aliphatic rings. The standard InChI is InChI=1S/C16H26N2O2/c1-19-11-9-18(10-12-20-2)8-7-14-13-17-16-6-4-3-5-15(14)16/h3-6,14,17H,7-13H2,1-2H3. The van der Waals surface area contributed by atoms with Crippen LogP contribution in [0.3, 0.4) is 0 Å². The Hall–Kier alpha value is -1.10. The molecule has 0 spiro atoms. The van der Waals surface area contributed by atoms with Crippen molar-refractivity contribution in [2.75, 3.05) is 58.9 Å². The van der Waals surface area contributed by atoms with Gasteiger partial charge in [-0.05, 0) is 24.6 Å². The molecule has 1 heterocycles. The van der Waals surface area contributed by atoms with E-state index in [-0.39, 0.29) is 0 Å². The summed E-state index contributed by atoms with van der Waals surface area (Å²) in [6.07, 6.45) is 1.18. The molecule has 2 rings (SSSR count). The Morgan fingerprint density at radius 2 is 1.80 bits per heavy atom. The Balaban J connectivity index is 1.83. The Bertz CT molecular complexity index is 390. The predicted octanol–water partition coefficient (Wildman–Crippen LogP) is 2.18.